The molecule has 0 aromatic heterocycles. The van der Waals surface area contributed by atoms with Crippen LogP contribution in [-0.2, 0) is 21.9 Å². The molecule has 1 aliphatic rings. The van der Waals surface area contributed by atoms with Gasteiger partial charge in [-0.1, -0.05) is 12.1 Å². The van der Waals surface area contributed by atoms with Crippen LogP contribution in [0.25, 0.3) is 0 Å². The largest absolute Gasteiger partial charge is 0.386 e. The van der Waals surface area contributed by atoms with Gasteiger partial charge in [-0.25, -0.2) is 8.42 Å². The molecule has 1 heterocycles. The molecule has 1 aromatic carbocycles. The van der Waals surface area contributed by atoms with Crippen molar-refractivity contribution in [3.8, 4) is 0 Å². The third-order valence-electron chi connectivity index (χ3n) is 2.74. The number of aryl methyl sites for hydroxylation is 1. The fourth-order valence-electron chi connectivity index (χ4n) is 1.81. The van der Waals surface area contributed by atoms with E-state index in [1.807, 2.05) is 0 Å². The molecule has 15 heavy (non-hydrogen) atoms. The normalized spacial score (nSPS) is 18.9. The van der Waals surface area contributed by atoms with Gasteiger partial charge >= 0.3 is 0 Å². The van der Waals surface area contributed by atoms with Gasteiger partial charge in [0.2, 0.25) is 0 Å². The van der Waals surface area contributed by atoms with E-state index in [4.69, 9.17) is 0 Å². The SMILES string of the molecule is CC(C)(O)c1ccc2c(c1)CCS2(=O)=O. The number of hydrogen-bond donors (Lipinski definition) is 1. The van der Waals surface area contributed by atoms with Gasteiger partial charge < -0.3 is 5.11 Å². The van der Waals surface area contributed by atoms with Crippen LogP contribution in [0.3, 0.4) is 0 Å². The first-order chi connectivity index (χ1) is 6.81. The predicted molar refractivity (Wildman–Crippen MR) is 57.4 cm³/mol. The number of sulfone groups is 1. The van der Waals surface area contributed by atoms with E-state index in [0.29, 0.717) is 11.3 Å². The Morgan fingerprint density at radius 2 is 2.00 bits per heavy atom. The number of aliphatic hydroxyl groups is 1. The lowest BCUT2D eigenvalue weighted by Gasteiger charge is -2.18. The molecule has 3 nitrogen and oxygen atoms in total. The van der Waals surface area contributed by atoms with E-state index in [-0.39, 0.29) is 5.75 Å². The first-order valence-electron chi connectivity index (χ1n) is 4.89. The fraction of sp³-hybridized carbons (Fsp3) is 0.455. The van der Waals surface area contributed by atoms with Crippen LogP contribution >= 0.6 is 0 Å². The van der Waals surface area contributed by atoms with Crippen molar-refractivity contribution in [2.45, 2.75) is 30.8 Å². The molecule has 2 rings (SSSR count). The molecule has 0 fully saturated rings. The summed E-state index contributed by atoms with van der Waals surface area (Å²) in [5, 5.41) is 9.80. The van der Waals surface area contributed by atoms with Crippen LogP contribution in [0.15, 0.2) is 23.1 Å². The summed E-state index contributed by atoms with van der Waals surface area (Å²) >= 11 is 0. The molecule has 0 unspecified atom stereocenters. The predicted octanol–water partition coefficient (Wildman–Crippen LogP) is 1.24. The number of benzene rings is 1. The summed E-state index contributed by atoms with van der Waals surface area (Å²) in [6.45, 7) is 3.39. The van der Waals surface area contributed by atoms with Crippen molar-refractivity contribution in [3.63, 3.8) is 0 Å². The van der Waals surface area contributed by atoms with Crippen LogP contribution in [0.4, 0.5) is 0 Å². The van der Waals surface area contributed by atoms with Crippen molar-refractivity contribution >= 4 is 9.84 Å². The van der Waals surface area contributed by atoms with Crippen LogP contribution in [0.5, 0.6) is 0 Å². The van der Waals surface area contributed by atoms with Crippen molar-refractivity contribution in [1.29, 1.82) is 0 Å². The highest BCUT2D eigenvalue weighted by Gasteiger charge is 2.27. The topological polar surface area (TPSA) is 54.4 Å². The summed E-state index contributed by atoms with van der Waals surface area (Å²) in [4.78, 5) is 0.426. The monoisotopic (exact) mass is 226 g/mol. The average molecular weight is 226 g/mol. The van der Waals surface area contributed by atoms with Crippen molar-refractivity contribution in [2.75, 3.05) is 5.75 Å². The molecule has 0 saturated heterocycles. The highest BCUT2D eigenvalue weighted by molar-refractivity contribution is 7.91. The minimum Gasteiger partial charge on any atom is -0.386 e. The first-order valence-corrected chi connectivity index (χ1v) is 6.54. The summed E-state index contributed by atoms with van der Waals surface area (Å²) in [7, 11) is -3.05. The molecular formula is C11H14O3S. The number of fused-ring (bicyclic) bond motifs is 1. The average Bonchev–Trinajstić information content (AvgIpc) is 2.41. The first kappa shape index (κ1) is 10.6. The van der Waals surface area contributed by atoms with E-state index < -0.39 is 15.4 Å². The van der Waals surface area contributed by atoms with Crippen LogP contribution < -0.4 is 0 Å². The molecule has 0 saturated carbocycles. The lowest BCUT2D eigenvalue weighted by molar-refractivity contribution is 0.0784. The molecule has 1 aliphatic heterocycles. The molecular weight excluding hydrogens is 212 g/mol. The summed E-state index contributed by atoms with van der Waals surface area (Å²) in [6, 6.07) is 5.08. The van der Waals surface area contributed by atoms with Gasteiger partial charge in [0.1, 0.15) is 0 Å². The number of hydrogen-bond acceptors (Lipinski definition) is 3. The quantitative estimate of drug-likeness (QED) is 0.784. The molecule has 4 heteroatoms. The lowest BCUT2D eigenvalue weighted by Crippen LogP contribution is -2.15. The maximum atomic E-state index is 11.6. The van der Waals surface area contributed by atoms with Gasteiger partial charge in [-0.3, -0.25) is 0 Å². The van der Waals surface area contributed by atoms with E-state index in [1.54, 1.807) is 32.0 Å². The van der Waals surface area contributed by atoms with E-state index >= 15 is 0 Å². The second-order valence-electron chi connectivity index (χ2n) is 4.45. The highest BCUT2D eigenvalue weighted by atomic mass is 32.2. The fourth-order valence-corrected chi connectivity index (χ4v) is 3.36. The van der Waals surface area contributed by atoms with Crippen LogP contribution in [-0.4, -0.2) is 19.3 Å². The van der Waals surface area contributed by atoms with Crippen LogP contribution in [0.2, 0.25) is 0 Å². The minimum absolute atomic E-state index is 0.192. The standard InChI is InChI=1S/C11H14O3S/c1-11(2,12)9-3-4-10-8(7-9)5-6-15(10,13)14/h3-4,7,12H,5-6H2,1-2H3. The van der Waals surface area contributed by atoms with Gasteiger partial charge in [-0.2, -0.15) is 0 Å². The smallest absolute Gasteiger partial charge is 0.178 e. The van der Waals surface area contributed by atoms with E-state index in [0.717, 1.165) is 11.1 Å². The highest BCUT2D eigenvalue weighted by Crippen LogP contribution is 2.30. The Hall–Kier alpha value is -0.870. The molecule has 0 atom stereocenters. The minimum atomic E-state index is -3.05. The molecule has 0 aliphatic carbocycles. The Kier molecular flexibility index (Phi) is 2.17. The van der Waals surface area contributed by atoms with Gasteiger partial charge in [0.15, 0.2) is 9.84 Å². The molecule has 82 valence electrons. The second kappa shape index (κ2) is 3.06. The van der Waals surface area contributed by atoms with Gasteiger partial charge in [-0.05, 0) is 37.5 Å². The van der Waals surface area contributed by atoms with Gasteiger partial charge in [0.05, 0.1) is 16.2 Å². The number of rotatable bonds is 1. The Bertz CT molecular complexity index is 495. The Morgan fingerprint density at radius 3 is 2.60 bits per heavy atom. The van der Waals surface area contributed by atoms with E-state index in [2.05, 4.69) is 0 Å². The van der Waals surface area contributed by atoms with E-state index in [9.17, 15) is 13.5 Å². The van der Waals surface area contributed by atoms with Gasteiger partial charge in [0.25, 0.3) is 0 Å². The summed E-state index contributed by atoms with van der Waals surface area (Å²) in [5.41, 5.74) is 0.675. The molecule has 0 radical (unpaired) electrons. The zero-order valence-electron chi connectivity index (χ0n) is 8.82. The Balaban J connectivity index is 2.56. The summed E-state index contributed by atoms with van der Waals surface area (Å²) in [6.07, 6.45) is 0.557. The summed E-state index contributed by atoms with van der Waals surface area (Å²) in [5.74, 6) is 0.192. The molecule has 1 N–H and O–H groups in total. The third-order valence-corrected chi connectivity index (χ3v) is 4.55. The summed E-state index contributed by atoms with van der Waals surface area (Å²) < 4.78 is 23.1. The lowest BCUT2D eigenvalue weighted by atomic mass is 9.96. The molecule has 0 spiro atoms. The zero-order valence-corrected chi connectivity index (χ0v) is 9.63. The second-order valence-corrected chi connectivity index (χ2v) is 6.53. The van der Waals surface area contributed by atoms with Gasteiger partial charge in [-0.15, -0.1) is 0 Å². The Labute approximate surface area is 89.7 Å². The Morgan fingerprint density at radius 1 is 1.33 bits per heavy atom. The molecule has 0 amide bonds. The van der Waals surface area contributed by atoms with Crippen LogP contribution in [0, 0.1) is 0 Å². The van der Waals surface area contributed by atoms with E-state index in [1.165, 1.54) is 0 Å². The van der Waals surface area contributed by atoms with Crippen molar-refractivity contribution in [2.24, 2.45) is 0 Å². The molecule has 1 aromatic rings. The van der Waals surface area contributed by atoms with Crippen molar-refractivity contribution in [3.05, 3.63) is 29.3 Å². The maximum Gasteiger partial charge on any atom is 0.178 e. The van der Waals surface area contributed by atoms with Crippen molar-refractivity contribution < 1.29 is 13.5 Å². The maximum absolute atomic E-state index is 11.6. The molecule has 0 bridgehead atoms. The zero-order chi connectivity index (χ0) is 11.3. The van der Waals surface area contributed by atoms with Crippen molar-refractivity contribution in [1.82, 2.24) is 0 Å². The van der Waals surface area contributed by atoms with Crippen LogP contribution in [0.1, 0.15) is 25.0 Å². The van der Waals surface area contributed by atoms with Gasteiger partial charge in [0, 0.05) is 0 Å². The third kappa shape index (κ3) is 1.79.